The molecule has 0 saturated carbocycles. The number of halogens is 1. The second kappa shape index (κ2) is 8.81. The topological polar surface area (TPSA) is 108 Å². The number of aryl methyl sites for hydroxylation is 1. The number of hydrogen-bond acceptors (Lipinski definition) is 6. The Hall–Kier alpha value is -3.08. The number of aliphatic imine (C=N–C) groups is 1. The molecule has 8 nitrogen and oxygen atoms in total. The van der Waals surface area contributed by atoms with Gasteiger partial charge in [0.05, 0.1) is 4.90 Å². The van der Waals surface area contributed by atoms with Crippen molar-refractivity contribution in [3.05, 3.63) is 71.2 Å². The lowest BCUT2D eigenvalue weighted by atomic mass is 9.90. The predicted molar refractivity (Wildman–Crippen MR) is 115 cm³/mol. The summed E-state index contributed by atoms with van der Waals surface area (Å²) in [5.74, 6) is -1.25. The number of fused-ring (bicyclic) bond motifs is 1. The first-order chi connectivity index (χ1) is 15.3. The number of nitrogens with zero attached hydrogens (tertiary/aromatic N) is 2. The Morgan fingerprint density at radius 2 is 2.00 bits per heavy atom. The highest BCUT2D eigenvalue weighted by molar-refractivity contribution is 7.89. The summed E-state index contributed by atoms with van der Waals surface area (Å²) >= 11 is 0. The summed E-state index contributed by atoms with van der Waals surface area (Å²) < 4.78 is 48.2. The second-order valence-corrected chi connectivity index (χ2v) is 9.43. The van der Waals surface area contributed by atoms with E-state index in [4.69, 9.17) is 4.74 Å². The van der Waals surface area contributed by atoms with Crippen molar-refractivity contribution in [1.82, 2.24) is 9.79 Å². The molecule has 2 aromatic rings. The van der Waals surface area contributed by atoms with Gasteiger partial charge in [0.15, 0.2) is 0 Å². The molecule has 0 aliphatic carbocycles. The van der Waals surface area contributed by atoms with Gasteiger partial charge < -0.3 is 4.74 Å². The average Bonchev–Trinajstić information content (AvgIpc) is 2.81. The summed E-state index contributed by atoms with van der Waals surface area (Å²) in [6.07, 6.45) is 5.80. The van der Waals surface area contributed by atoms with E-state index in [0.717, 1.165) is 9.87 Å². The lowest BCUT2D eigenvalue weighted by Crippen LogP contribution is -2.47. The van der Waals surface area contributed by atoms with Crippen LogP contribution in [0.3, 0.4) is 0 Å². The minimum Gasteiger partial charge on any atom is -0.486 e. The monoisotopic (exact) mass is 459 g/mol. The number of ether oxygens (including phenoxy) is 1. The van der Waals surface area contributed by atoms with Crippen molar-refractivity contribution in [3.8, 4) is 5.75 Å². The zero-order valence-electron chi connectivity index (χ0n) is 17.2. The zero-order valence-corrected chi connectivity index (χ0v) is 18.0. The van der Waals surface area contributed by atoms with Crippen LogP contribution in [-0.2, 0) is 21.2 Å². The minimum absolute atomic E-state index is 0.0395. The van der Waals surface area contributed by atoms with Crippen LogP contribution in [0, 0.1) is 12.7 Å². The molecule has 32 heavy (non-hydrogen) atoms. The molecule has 2 N–H and O–H groups in total. The Kier molecular flexibility index (Phi) is 6.09. The van der Waals surface area contributed by atoms with Crippen molar-refractivity contribution >= 4 is 22.1 Å². The number of sulfonamides is 1. The van der Waals surface area contributed by atoms with Crippen LogP contribution in [0.25, 0.3) is 0 Å². The smallest absolute Gasteiger partial charge is 0.266 e. The minimum atomic E-state index is -4.18. The molecule has 10 heteroatoms. The van der Waals surface area contributed by atoms with Crippen LogP contribution in [0.15, 0.2) is 58.6 Å². The molecule has 4 rings (SSSR count). The van der Waals surface area contributed by atoms with Crippen molar-refractivity contribution < 1.29 is 27.5 Å². The van der Waals surface area contributed by atoms with E-state index in [1.165, 1.54) is 35.8 Å². The Bertz CT molecular complexity index is 1190. The lowest BCUT2D eigenvalue weighted by Gasteiger charge is -2.35. The molecule has 0 aromatic heterocycles. The van der Waals surface area contributed by atoms with E-state index in [0.29, 0.717) is 17.7 Å². The van der Waals surface area contributed by atoms with E-state index in [2.05, 4.69) is 4.99 Å². The number of carbonyl (C=O) groups is 1. The van der Waals surface area contributed by atoms with E-state index in [1.807, 2.05) is 0 Å². The van der Waals surface area contributed by atoms with Gasteiger partial charge in [-0.3, -0.25) is 15.0 Å². The van der Waals surface area contributed by atoms with Gasteiger partial charge in [-0.15, -0.1) is 0 Å². The van der Waals surface area contributed by atoms with Crippen LogP contribution < -0.4 is 10.2 Å². The van der Waals surface area contributed by atoms with Crippen LogP contribution in [0.5, 0.6) is 5.75 Å². The molecule has 2 unspecified atom stereocenters. The number of carbonyl (C=O) groups excluding carboxylic acids is 1. The maximum atomic E-state index is 14.7. The summed E-state index contributed by atoms with van der Waals surface area (Å²) in [6, 6.07) is 7.04. The number of benzene rings is 2. The average molecular weight is 459 g/mol. The van der Waals surface area contributed by atoms with Crippen LogP contribution in [0.2, 0.25) is 0 Å². The van der Waals surface area contributed by atoms with Gasteiger partial charge in [-0.1, -0.05) is 6.07 Å². The Balaban J connectivity index is 1.66. The molecule has 2 heterocycles. The van der Waals surface area contributed by atoms with Gasteiger partial charge in [-0.05, 0) is 60.9 Å². The van der Waals surface area contributed by atoms with Gasteiger partial charge in [-0.25, -0.2) is 18.3 Å². The second-order valence-electron chi connectivity index (χ2n) is 7.54. The fourth-order valence-electron chi connectivity index (χ4n) is 3.99. The molecule has 1 amide bonds. The third kappa shape index (κ3) is 4.04. The van der Waals surface area contributed by atoms with Crippen LogP contribution in [0.1, 0.15) is 29.2 Å². The first-order valence-corrected chi connectivity index (χ1v) is 11.5. The highest BCUT2D eigenvalue weighted by Crippen LogP contribution is 2.37. The van der Waals surface area contributed by atoms with Crippen molar-refractivity contribution in [2.75, 3.05) is 6.54 Å². The van der Waals surface area contributed by atoms with Gasteiger partial charge in [0.25, 0.3) is 5.91 Å². The van der Waals surface area contributed by atoms with Crippen LogP contribution >= 0.6 is 0 Å². The fourth-order valence-corrected chi connectivity index (χ4v) is 5.55. The van der Waals surface area contributed by atoms with Gasteiger partial charge in [0.2, 0.25) is 10.0 Å². The summed E-state index contributed by atoms with van der Waals surface area (Å²) in [5.41, 5.74) is 2.75. The maximum absolute atomic E-state index is 14.7. The molecule has 0 fully saturated rings. The molecule has 0 bridgehead atoms. The summed E-state index contributed by atoms with van der Waals surface area (Å²) in [7, 11) is -4.18. The molecule has 0 spiro atoms. The van der Waals surface area contributed by atoms with Crippen molar-refractivity contribution in [3.63, 3.8) is 0 Å². The first-order valence-electron chi connectivity index (χ1n) is 10.0. The Labute approximate surface area is 185 Å². The maximum Gasteiger partial charge on any atom is 0.266 e. The molecule has 0 saturated heterocycles. The van der Waals surface area contributed by atoms with Gasteiger partial charge in [0, 0.05) is 30.9 Å². The molecule has 2 aliphatic rings. The Morgan fingerprint density at radius 3 is 2.66 bits per heavy atom. The molecule has 168 valence electrons. The highest BCUT2D eigenvalue weighted by Gasteiger charge is 2.42. The highest BCUT2D eigenvalue weighted by atomic mass is 32.2. The van der Waals surface area contributed by atoms with Crippen LogP contribution in [-0.4, -0.2) is 42.7 Å². The van der Waals surface area contributed by atoms with Crippen molar-refractivity contribution in [1.29, 1.82) is 0 Å². The molecule has 2 atom stereocenters. The van der Waals surface area contributed by atoms with Crippen LogP contribution in [0.4, 0.5) is 4.39 Å². The number of hydrogen-bond donors (Lipinski definition) is 2. The number of hydroxylamine groups is 1. The molecule has 2 aromatic carbocycles. The van der Waals surface area contributed by atoms with Gasteiger partial charge in [-0.2, -0.15) is 4.31 Å². The predicted octanol–water partition coefficient (Wildman–Crippen LogP) is 2.66. The van der Waals surface area contributed by atoms with Gasteiger partial charge >= 0.3 is 0 Å². The summed E-state index contributed by atoms with van der Waals surface area (Å²) in [5, 5.41) is 9.24. The third-order valence-corrected chi connectivity index (χ3v) is 7.47. The standard InChI is InChI=1S/C22H22FN3O5S/c1-14-2-7-19(23)20-18(14)10-13-26(21(20)22(27)25-28)32(29,30)17-5-3-15(4-6-17)31-16-8-11-24-12-9-16/h2-8,11-12,16,21,28H,9-10,13H2,1H3,(H,25,27). The van der Waals surface area contributed by atoms with Crippen molar-refractivity contribution in [2.24, 2.45) is 4.99 Å². The number of nitrogens with one attached hydrogen (secondary N) is 1. The fraction of sp³-hybridized carbons (Fsp3) is 0.273. The van der Waals surface area contributed by atoms with E-state index in [9.17, 15) is 22.8 Å². The molecule has 2 aliphatic heterocycles. The van der Waals surface area contributed by atoms with E-state index >= 15 is 0 Å². The largest absolute Gasteiger partial charge is 0.486 e. The summed E-state index contributed by atoms with van der Waals surface area (Å²) in [4.78, 5) is 16.4. The number of rotatable bonds is 5. The zero-order chi connectivity index (χ0) is 22.9. The lowest BCUT2D eigenvalue weighted by molar-refractivity contribution is -0.133. The molecular weight excluding hydrogens is 437 g/mol. The summed E-state index contributed by atoms with van der Waals surface area (Å²) in [6.45, 7) is 1.73. The normalized spacial score (nSPS) is 20.6. The van der Waals surface area contributed by atoms with Gasteiger partial charge in [0.1, 0.15) is 23.7 Å². The first kappa shape index (κ1) is 22.1. The quantitative estimate of drug-likeness (QED) is 0.528. The third-order valence-electron chi connectivity index (χ3n) is 5.59. The SMILES string of the molecule is Cc1ccc(F)c2c1CCN(S(=O)(=O)c1ccc(OC3C=CN=CC3)cc1)C2C(=O)NO. The number of amides is 1. The van der Waals surface area contributed by atoms with Crippen molar-refractivity contribution in [2.45, 2.75) is 36.8 Å². The van der Waals surface area contributed by atoms with E-state index < -0.39 is 27.8 Å². The molecular formula is C22H22FN3O5S. The molecule has 0 radical (unpaired) electrons. The Morgan fingerprint density at radius 1 is 1.25 bits per heavy atom. The van der Waals surface area contributed by atoms with E-state index in [-0.39, 0.29) is 29.5 Å². The van der Waals surface area contributed by atoms with E-state index in [1.54, 1.807) is 31.5 Å².